The van der Waals surface area contributed by atoms with Crippen LogP contribution < -0.4 is 5.32 Å². The molecule has 0 saturated carbocycles. The molecule has 0 atom stereocenters. The number of rotatable bonds is 6. The van der Waals surface area contributed by atoms with Gasteiger partial charge in [0.2, 0.25) is 5.88 Å². The van der Waals surface area contributed by atoms with Crippen molar-refractivity contribution >= 4 is 11.8 Å². The molecular weight excluding hydrogens is 268 g/mol. The van der Waals surface area contributed by atoms with E-state index in [1.807, 2.05) is 13.0 Å². The van der Waals surface area contributed by atoms with Gasteiger partial charge in [0.1, 0.15) is 23.3 Å². The van der Waals surface area contributed by atoms with Crippen LogP contribution in [-0.4, -0.2) is 23.4 Å². The number of hydrogen-bond acceptors (Lipinski definition) is 8. The lowest BCUT2D eigenvalue weighted by atomic mass is 10.2. The summed E-state index contributed by atoms with van der Waals surface area (Å²) < 4.78 is 15.0. The third kappa shape index (κ3) is 2.60. The molecule has 0 unspecified atom stereocenters. The molecule has 2 rings (SSSR count). The summed E-state index contributed by atoms with van der Waals surface area (Å²) in [5.74, 6) is -0.229. The Kier molecular flexibility index (Phi) is 3.97. The second-order valence-corrected chi connectivity index (χ2v) is 3.56. The predicted octanol–water partition coefficient (Wildman–Crippen LogP) is 2.12. The lowest BCUT2D eigenvalue weighted by Gasteiger charge is -2.01. The van der Waals surface area contributed by atoms with Gasteiger partial charge in [-0.25, -0.2) is 0 Å². The van der Waals surface area contributed by atoms with Crippen molar-refractivity contribution < 1.29 is 18.6 Å². The molecule has 0 saturated heterocycles. The Hall–Kier alpha value is -2.86. The third-order valence-corrected chi connectivity index (χ3v) is 2.35. The lowest BCUT2D eigenvalue weighted by Crippen LogP contribution is -2.05. The number of nitrogens with zero attached hydrogens (tertiary/aromatic N) is 3. The number of nitriles is 1. The molecule has 0 aliphatic carbocycles. The highest BCUT2D eigenvalue weighted by molar-refractivity contribution is 5.69. The van der Waals surface area contributed by atoms with Crippen LogP contribution >= 0.6 is 0 Å². The lowest BCUT2D eigenvalue weighted by molar-refractivity contribution is -0.401. The molecule has 0 aliphatic rings. The molecule has 2 heterocycles. The van der Waals surface area contributed by atoms with Crippen LogP contribution in [0.2, 0.25) is 0 Å². The van der Waals surface area contributed by atoms with Gasteiger partial charge in [0, 0.05) is 6.61 Å². The van der Waals surface area contributed by atoms with Crippen molar-refractivity contribution in [1.29, 1.82) is 5.26 Å². The molecule has 0 amide bonds. The summed E-state index contributed by atoms with van der Waals surface area (Å²) in [6.45, 7) is 2.47. The number of aromatic nitrogens is 1. The molecule has 2 aromatic heterocycles. The monoisotopic (exact) mass is 278 g/mol. The zero-order chi connectivity index (χ0) is 14.5. The first-order valence-corrected chi connectivity index (χ1v) is 5.63. The normalized spacial score (nSPS) is 10.2. The minimum Gasteiger partial charge on any atom is -0.399 e. The van der Waals surface area contributed by atoms with E-state index in [2.05, 4.69) is 10.5 Å². The minimum absolute atomic E-state index is 0.0847. The molecular formula is C11H10N4O5. The molecule has 0 fully saturated rings. The maximum absolute atomic E-state index is 10.6. The summed E-state index contributed by atoms with van der Waals surface area (Å²) in [7, 11) is 0. The molecule has 0 bridgehead atoms. The van der Waals surface area contributed by atoms with Gasteiger partial charge in [0.05, 0.1) is 6.07 Å². The van der Waals surface area contributed by atoms with E-state index in [0.29, 0.717) is 6.61 Å². The van der Waals surface area contributed by atoms with Crippen LogP contribution in [0.15, 0.2) is 21.1 Å². The van der Waals surface area contributed by atoms with Crippen molar-refractivity contribution in [3.8, 4) is 17.5 Å². The minimum atomic E-state index is -0.677. The van der Waals surface area contributed by atoms with E-state index in [1.165, 1.54) is 12.1 Å². The molecule has 104 valence electrons. The second kappa shape index (κ2) is 5.85. The Labute approximate surface area is 112 Å². The van der Waals surface area contributed by atoms with E-state index in [0.717, 1.165) is 0 Å². The highest BCUT2D eigenvalue weighted by Gasteiger charge is 2.22. The van der Waals surface area contributed by atoms with Gasteiger partial charge in [-0.15, -0.1) is 0 Å². The van der Waals surface area contributed by atoms with Crippen molar-refractivity contribution in [2.45, 2.75) is 6.92 Å². The molecule has 9 nitrogen and oxygen atoms in total. The maximum Gasteiger partial charge on any atom is 0.433 e. The van der Waals surface area contributed by atoms with Crippen molar-refractivity contribution in [3.05, 3.63) is 27.8 Å². The highest BCUT2D eigenvalue weighted by Crippen LogP contribution is 2.31. The summed E-state index contributed by atoms with van der Waals surface area (Å²) in [6.07, 6.45) is 0. The summed E-state index contributed by atoms with van der Waals surface area (Å²) in [5, 5.41) is 26.1. The van der Waals surface area contributed by atoms with Gasteiger partial charge in [-0.05, 0) is 13.0 Å². The van der Waals surface area contributed by atoms with E-state index >= 15 is 0 Å². The fraction of sp³-hybridized carbons (Fsp3) is 0.273. The molecule has 0 aromatic carbocycles. The number of furan rings is 1. The number of nitro groups is 1. The summed E-state index contributed by atoms with van der Waals surface area (Å²) >= 11 is 0. The fourth-order valence-corrected chi connectivity index (χ4v) is 1.45. The van der Waals surface area contributed by atoms with Crippen molar-refractivity contribution in [2.24, 2.45) is 0 Å². The first-order valence-electron chi connectivity index (χ1n) is 5.63. The summed E-state index contributed by atoms with van der Waals surface area (Å²) in [5.41, 5.74) is 0.188. The fourth-order valence-electron chi connectivity index (χ4n) is 1.45. The zero-order valence-corrected chi connectivity index (χ0v) is 10.5. The Morgan fingerprint density at radius 1 is 1.60 bits per heavy atom. The summed E-state index contributed by atoms with van der Waals surface area (Å²) in [4.78, 5) is 9.88. The van der Waals surface area contributed by atoms with Crippen LogP contribution in [0.4, 0.5) is 11.8 Å². The van der Waals surface area contributed by atoms with Gasteiger partial charge < -0.3 is 19.0 Å². The Bertz CT molecular complexity index is 654. The number of hydrogen-bond donors (Lipinski definition) is 1. The van der Waals surface area contributed by atoms with Crippen LogP contribution in [0.3, 0.4) is 0 Å². The quantitative estimate of drug-likeness (QED) is 0.368. The third-order valence-electron chi connectivity index (χ3n) is 2.35. The van der Waals surface area contributed by atoms with Crippen LogP contribution in [0.25, 0.3) is 11.5 Å². The first-order chi connectivity index (χ1) is 9.67. The van der Waals surface area contributed by atoms with Crippen LogP contribution in [0, 0.1) is 21.4 Å². The number of ether oxygens (including phenoxy) is 1. The molecule has 20 heavy (non-hydrogen) atoms. The van der Waals surface area contributed by atoms with E-state index in [-0.39, 0.29) is 29.6 Å². The van der Waals surface area contributed by atoms with Crippen molar-refractivity contribution in [3.63, 3.8) is 0 Å². The molecule has 9 heteroatoms. The Morgan fingerprint density at radius 2 is 2.40 bits per heavy atom. The molecule has 0 aliphatic heterocycles. The van der Waals surface area contributed by atoms with Gasteiger partial charge in [-0.1, -0.05) is 5.16 Å². The average Bonchev–Trinajstić information content (AvgIpc) is 3.04. The second-order valence-electron chi connectivity index (χ2n) is 3.56. The van der Waals surface area contributed by atoms with Crippen molar-refractivity contribution in [1.82, 2.24) is 5.16 Å². The van der Waals surface area contributed by atoms with Crippen LogP contribution in [0.5, 0.6) is 0 Å². The highest BCUT2D eigenvalue weighted by atomic mass is 16.6. The first kappa shape index (κ1) is 13.6. The molecule has 0 spiro atoms. The van der Waals surface area contributed by atoms with E-state index < -0.39 is 10.8 Å². The predicted molar refractivity (Wildman–Crippen MR) is 65.7 cm³/mol. The average molecular weight is 278 g/mol. The van der Waals surface area contributed by atoms with E-state index in [1.54, 1.807) is 0 Å². The maximum atomic E-state index is 10.6. The largest absolute Gasteiger partial charge is 0.433 e. The summed E-state index contributed by atoms with van der Waals surface area (Å²) in [6, 6.07) is 4.43. The van der Waals surface area contributed by atoms with Crippen molar-refractivity contribution in [2.75, 3.05) is 18.7 Å². The van der Waals surface area contributed by atoms with Gasteiger partial charge in [-0.3, -0.25) is 10.1 Å². The molecule has 2 aromatic rings. The SMILES string of the molecule is CCOCNc1onc(-c2ccc([N+](=O)[O-])o2)c1C#N. The van der Waals surface area contributed by atoms with Gasteiger partial charge in [-0.2, -0.15) is 5.26 Å². The Balaban J connectivity index is 2.27. The topological polar surface area (TPSA) is 127 Å². The van der Waals surface area contributed by atoms with Crippen LogP contribution in [0.1, 0.15) is 12.5 Å². The van der Waals surface area contributed by atoms with E-state index in [4.69, 9.17) is 18.9 Å². The Morgan fingerprint density at radius 3 is 3.00 bits per heavy atom. The van der Waals surface area contributed by atoms with E-state index in [9.17, 15) is 10.1 Å². The number of anilines is 1. The standard InChI is InChI=1S/C11H10N4O5/c1-2-18-6-13-11-7(5-12)10(14-20-11)8-3-4-9(19-8)15(16)17/h3-4,13H,2,6H2,1H3. The van der Waals surface area contributed by atoms with Gasteiger partial charge in [0.15, 0.2) is 11.5 Å². The number of nitrogens with one attached hydrogen (secondary N) is 1. The smallest absolute Gasteiger partial charge is 0.399 e. The van der Waals surface area contributed by atoms with Gasteiger partial charge >= 0.3 is 5.88 Å². The molecule has 1 N–H and O–H groups in total. The molecule has 0 radical (unpaired) electrons. The van der Waals surface area contributed by atoms with Crippen LogP contribution in [-0.2, 0) is 4.74 Å². The zero-order valence-electron chi connectivity index (χ0n) is 10.5. The van der Waals surface area contributed by atoms with Gasteiger partial charge in [0.25, 0.3) is 0 Å².